The molecule has 0 bridgehead atoms. The summed E-state index contributed by atoms with van der Waals surface area (Å²) in [6.07, 6.45) is 7.56. The molecule has 0 unspecified atom stereocenters. The molecule has 9 nitrogen and oxygen atoms in total. The number of carbonyl (C=O) groups excluding carboxylic acids is 1. The fourth-order valence-corrected chi connectivity index (χ4v) is 3.89. The molecule has 0 aliphatic heterocycles. The van der Waals surface area contributed by atoms with Crippen molar-refractivity contribution in [2.75, 3.05) is 13.7 Å². The lowest BCUT2D eigenvalue weighted by Crippen LogP contribution is -2.18. The molecule has 1 saturated carbocycles. The van der Waals surface area contributed by atoms with E-state index in [4.69, 9.17) is 14.6 Å². The van der Waals surface area contributed by atoms with E-state index >= 15 is 0 Å². The molecule has 0 N–H and O–H groups in total. The van der Waals surface area contributed by atoms with Gasteiger partial charge in [-0.05, 0) is 45.4 Å². The van der Waals surface area contributed by atoms with Gasteiger partial charge in [0.1, 0.15) is 11.0 Å². The highest BCUT2D eigenvalue weighted by Gasteiger charge is 2.26. The molecule has 3 aromatic heterocycles. The van der Waals surface area contributed by atoms with E-state index in [2.05, 4.69) is 22.0 Å². The second-order valence-electron chi connectivity index (χ2n) is 7.57. The van der Waals surface area contributed by atoms with Crippen LogP contribution in [-0.2, 0) is 4.74 Å². The van der Waals surface area contributed by atoms with Crippen LogP contribution in [0.15, 0.2) is 12.4 Å². The Labute approximate surface area is 169 Å². The minimum Gasteiger partial charge on any atom is -0.479 e. The van der Waals surface area contributed by atoms with Crippen molar-refractivity contribution < 1.29 is 14.3 Å². The number of aromatic nitrogens is 6. The van der Waals surface area contributed by atoms with E-state index in [-0.39, 0.29) is 0 Å². The van der Waals surface area contributed by atoms with Gasteiger partial charge in [0.2, 0.25) is 5.88 Å². The third-order valence-corrected chi connectivity index (χ3v) is 5.49. The van der Waals surface area contributed by atoms with E-state index in [0.717, 1.165) is 35.5 Å². The van der Waals surface area contributed by atoms with E-state index in [1.54, 1.807) is 20.2 Å². The third kappa shape index (κ3) is 3.56. The van der Waals surface area contributed by atoms with Crippen LogP contribution < -0.4 is 4.74 Å². The number of fused-ring (bicyclic) bond motifs is 1. The van der Waals surface area contributed by atoms with Gasteiger partial charge in [-0.1, -0.05) is 6.92 Å². The van der Waals surface area contributed by atoms with E-state index in [0.29, 0.717) is 30.0 Å². The highest BCUT2D eigenvalue weighted by atomic mass is 16.5. The number of rotatable bonds is 5. The lowest BCUT2D eigenvalue weighted by atomic mass is 9.87. The van der Waals surface area contributed by atoms with Gasteiger partial charge in [-0.3, -0.25) is 4.68 Å². The summed E-state index contributed by atoms with van der Waals surface area (Å²) in [6, 6.07) is 0.325. The van der Waals surface area contributed by atoms with Crippen LogP contribution in [0.25, 0.3) is 17.0 Å². The molecule has 3 heterocycles. The maximum Gasteiger partial charge on any atom is 0.341 e. The average molecular weight is 398 g/mol. The van der Waals surface area contributed by atoms with Crippen LogP contribution in [0.4, 0.5) is 0 Å². The first-order valence-corrected chi connectivity index (χ1v) is 10.0. The maximum atomic E-state index is 11.9. The normalized spacial score (nSPS) is 19.4. The van der Waals surface area contributed by atoms with Gasteiger partial charge in [0.05, 0.1) is 37.2 Å². The Morgan fingerprint density at radius 2 is 2.00 bits per heavy atom. The Bertz CT molecular complexity index is 1030. The van der Waals surface area contributed by atoms with Crippen molar-refractivity contribution in [3.05, 3.63) is 23.7 Å². The van der Waals surface area contributed by atoms with Crippen LogP contribution >= 0.6 is 0 Å². The van der Waals surface area contributed by atoms with E-state index in [1.165, 1.54) is 23.7 Å². The topological polar surface area (TPSA) is 96.9 Å². The smallest absolute Gasteiger partial charge is 0.341 e. The van der Waals surface area contributed by atoms with Gasteiger partial charge in [-0.15, -0.1) is 0 Å². The van der Waals surface area contributed by atoms with E-state index < -0.39 is 5.97 Å². The summed E-state index contributed by atoms with van der Waals surface area (Å²) in [6.45, 7) is 6.30. The van der Waals surface area contributed by atoms with Crippen molar-refractivity contribution in [3.8, 4) is 11.8 Å². The lowest BCUT2D eigenvalue weighted by Gasteiger charge is -2.27. The number of aryl methyl sites for hydroxylation is 1. The van der Waals surface area contributed by atoms with Crippen LogP contribution in [0, 0.1) is 12.8 Å². The van der Waals surface area contributed by atoms with Gasteiger partial charge in [0.25, 0.3) is 5.95 Å². The first-order valence-electron chi connectivity index (χ1n) is 10.0. The molecular formula is C20H26N6O3. The summed E-state index contributed by atoms with van der Waals surface area (Å²) in [4.78, 5) is 21.1. The molecule has 1 fully saturated rings. The fraction of sp³-hybridized carbons (Fsp3) is 0.550. The number of hydrogen-bond donors (Lipinski definition) is 0. The summed E-state index contributed by atoms with van der Waals surface area (Å²) >= 11 is 0. The van der Waals surface area contributed by atoms with Gasteiger partial charge in [0.15, 0.2) is 0 Å². The molecular weight excluding hydrogens is 372 g/mol. The number of methoxy groups -OCH3 is 1. The Morgan fingerprint density at radius 3 is 2.69 bits per heavy atom. The van der Waals surface area contributed by atoms with Crippen molar-refractivity contribution in [2.45, 2.75) is 52.5 Å². The number of nitrogens with zero attached hydrogens (tertiary/aromatic N) is 6. The zero-order chi connectivity index (χ0) is 20.5. The third-order valence-electron chi connectivity index (χ3n) is 5.49. The van der Waals surface area contributed by atoms with Crippen LogP contribution in [0.5, 0.6) is 5.88 Å². The first kappa shape index (κ1) is 19.4. The number of carbonyl (C=O) groups is 1. The second kappa shape index (κ2) is 7.81. The summed E-state index contributed by atoms with van der Waals surface area (Å²) in [7, 11) is 1.59. The molecule has 9 heteroatoms. The van der Waals surface area contributed by atoms with Crippen LogP contribution in [0.3, 0.4) is 0 Å². The van der Waals surface area contributed by atoms with Gasteiger partial charge in [0, 0.05) is 6.20 Å². The molecule has 0 amide bonds. The molecule has 0 atom stereocenters. The number of hydrogen-bond acceptors (Lipinski definition) is 7. The van der Waals surface area contributed by atoms with Crippen molar-refractivity contribution in [2.24, 2.45) is 5.92 Å². The summed E-state index contributed by atoms with van der Waals surface area (Å²) < 4.78 is 14.1. The molecule has 3 aromatic rings. The number of ether oxygens (including phenoxy) is 2. The molecule has 4 rings (SSSR count). The van der Waals surface area contributed by atoms with Gasteiger partial charge in [-0.2, -0.15) is 15.2 Å². The zero-order valence-electron chi connectivity index (χ0n) is 17.3. The lowest BCUT2D eigenvalue weighted by molar-refractivity contribution is 0.0526. The minimum atomic E-state index is -0.428. The van der Waals surface area contributed by atoms with Gasteiger partial charge < -0.3 is 9.47 Å². The van der Waals surface area contributed by atoms with Gasteiger partial charge in [-0.25, -0.2) is 14.5 Å². The molecule has 1 aliphatic carbocycles. The summed E-state index contributed by atoms with van der Waals surface area (Å²) in [5.74, 6) is 1.11. The van der Waals surface area contributed by atoms with E-state index in [9.17, 15) is 4.79 Å². The minimum absolute atomic E-state index is 0.304. The molecule has 1 aliphatic rings. The Hall–Kier alpha value is -2.97. The predicted octanol–water partition coefficient (Wildman–Crippen LogP) is 3.26. The van der Waals surface area contributed by atoms with Crippen molar-refractivity contribution in [3.63, 3.8) is 0 Å². The maximum absolute atomic E-state index is 11.9. The average Bonchev–Trinajstić information content (AvgIpc) is 3.34. The van der Waals surface area contributed by atoms with Gasteiger partial charge >= 0.3 is 5.97 Å². The summed E-state index contributed by atoms with van der Waals surface area (Å²) in [5, 5.41) is 8.98. The Kier molecular flexibility index (Phi) is 5.21. The van der Waals surface area contributed by atoms with Crippen LogP contribution in [-0.4, -0.2) is 49.2 Å². The molecule has 0 radical (unpaired) electrons. The SMILES string of the molecule is CCOC(=O)c1cnn(-c2nc(OC)c3c(n2)c(C)nn3C2CCC(C)CC2)c1. The predicted molar refractivity (Wildman–Crippen MR) is 106 cm³/mol. The summed E-state index contributed by atoms with van der Waals surface area (Å²) in [5.41, 5.74) is 2.71. The largest absolute Gasteiger partial charge is 0.479 e. The second-order valence-corrected chi connectivity index (χ2v) is 7.57. The quantitative estimate of drug-likeness (QED) is 0.609. The molecule has 0 saturated heterocycles. The molecule has 0 spiro atoms. The van der Waals surface area contributed by atoms with Crippen LogP contribution in [0.2, 0.25) is 0 Å². The van der Waals surface area contributed by atoms with Crippen molar-refractivity contribution in [1.82, 2.24) is 29.5 Å². The van der Waals surface area contributed by atoms with Crippen molar-refractivity contribution >= 4 is 17.0 Å². The van der Waals surface area contributed by atoms with Crippen LogP contribution in [0.1, 0.15) is 61.6 Å². The number of esters is 1. The Morgan fingerprint density at radius 1 is 1.24 bits per heavy atom. The molecule has 154 valence electrons. The zero-order valence-corrected chi connectivity index (χ0v) is 17.3. The monoisotopic (exact) mass is 398 g/mol. The fourth-order valence-electron chi connectivity index (χ4n) is 3.89. The first-order chi connectivity index (χ1) is 14.0. The molecule has 0 aromatic carbocycles. The highest BCUT2D eigenvalue weighted by Crippen LogP contribution is 2.36. The van der Waals surface area contributed by atoms with E-state index in [1.807, 2.05) is 11.6 Å². The molecule has 29 heavy (non-hydrogen) atoms. The standard InChI is InChI=1S/C20H26N6O3/c1-5-29-19(27)14-10-21-25(11-14)20-22-16-13(3)24-26(17(16)18(23-20)28-4)15-8-6-12(2)7-9-15/h10-12,15H,5-9H2,1-4H3. The van der Waals surface area contributed by atoms with Crippen molar-refractivity contribution in [1.29, 1.82) is 0 Å². The highest BCUT2D eigenvalue weighted by molar-refractivity contribution is 5.89. The Balaban J connectivity index is 1.75.